The van der Waals surface area contributed by atoms with Crippen molar-refractivity contribution in [3.8, 4) is 23.0 Å². The molecule has 0 heterocycles. The van der Waals surface area contributed by atoms with E-state index in [0.717, 1.165) is 24.0 Å². The molecule has 0 spiro atoms. The van der Waals surface area contributed by atoms with Crippen LogP contribution in [0.5, 0.6) is 23.0 Å². The van der Waals surface area contributed by atoms with Crippen molar-refractivity contribution in [3.63, 3.8) is 0 Å². The molecule has 0 fully saturated rings. The summed E-state index contributed by atoms with van der Waals surface area (Å²) in [7, 11) is 6.36. The van der Waals surface area contributed by atoms with Crippen molar-refractivity contribution in [1.29, 1.82) is 0 Å². The second-order valence-electron chi connectivity index (χ2n) is 7.09. The number of nitrogens with two attached hydrogens (primary N) is 4. The van der Waals surface area contributed by atoms with Crippen LogP contribution in [0.3, 0.4) is 0 Å². The average molecular weight is 461 g/mol. The fourth-order valence-electron chi connectivity index (χ4n) is 2.90. The van der Waals surface area contributed by atoms with E-state index in [0.29, 0.717) is 41.7 Å². The van der Waals surface area contributed by atoms with E-state index in [1.54, 1.807) is 28.4 Å². The zero-order valence-corrected chi connectivity index (χ0v) is 19.8. The molecule has 1 amide bonds. The molecule has 0 aliphatic carbocycles. The fourth-order valence-corrected chi connectivity index (χ4v) is 2.90. The molecule has 0 unspecified atom stereocenters. The van der Waals surface area contributed by atoms with Gasteiger partial charge in [0, 0.05) is 0 Å². The maximum absolute atomic E-state index is 10.4. The highest BCUT2D eigenvalue weighted by molar-refractivity contribution is 5.79. The number of nitrogen functional groups attached to an aromatic ring is 1. The normalized spacial score (nSPS) is 11.3. The van der Waals surface area contributed by atoms with Crippen LogP contribution in [0.15, 0.2) is 30.3 Å². The summed E-state index contributed by atoms with van der Waals surface area (Å²) in [5, 5.41) is 0. The Hall–Kier alpha value is -3.43. The summed E-state index contributed by atoms with van der Waals surface area (Å²) in [5.41, 5.74) is 23.9. The minimum Gasteiger partial charge on any atom is -0.495 e. The fraction of sp³-hybridized carbons (Fsp3) is 0.375. The highest BCUT2D eigenvalue weighted by Gasteiger charge is 2.12. The number of hydrogen-bond acceptors (Lipinski definition) is 8. The van der Waals surface area contributed by atoms with E-state index in [1.165, 1.54) is 0 Å². The highest BCUT2D eigenvalue weighted by atomic mass is 16.5. The summed E-state index contributed by atoms with van der Waals surface area (Å²) < 4.78 is 21.2. The topological polar surface area (TPSA) is 158 Å². The van der Waals surface area contributed by atoms with E-state index < -0.39 is 11.9 Å². The number of ether oxygens (including phenoxy) is 4. The second kappa shape index (κ2) is 14.6. The Morgan fingerprint density at radius 1 is 0.879 bits per heavy atom. The molecule has 0 bridgehead atoms. The summed E-state index contributed by atoms with van der Waals surface area (Å²) in [6.45, 7) is 0.644. The van der Waals surface area contributed by atoms with Crippen LogP contribution < -0.4 is 41.9 Å². The van der Waals surface area contributed by atoms with Crippen LogP contribution in [0.2, 0.25) is 0 Å². The smallest absolute Gasteiger partial charge is 0.234 e. The standard InChI is InChI=1S/C18H21NO4.C6H15N3O/c1-20-15-8-7-12(9-14(15)19)5-6-13-10-16(21-2)18(23-4)17(11-13)22-3;7-4-2-1-3-5(8)6(9)10/h5-11H,19H2,1-4H3;5H,1-4,7-8H2,(H2,9,10)/t;5-/m.0/s1. The van der Waals surface area contributed by atoms with Crippen molar-refractivity contribution in [2.24, 2.45) is 17.2 Å². The third-order valence-corrected chi connectivity index (χ3v) is 4.74. The molecule has 2 rings (SSSR count). The number of carbonyl (C=O) groups excluding carboxylic acids is 1. The highest BCUT2D eigenvalue weighted by Crippen LogP contribution is 2.38. The van der Waals surface area contributed by atoms with Gasteiger partial charge < -0.3 is 41.9 Å². The van der Waals surface area contributed by atoms with Crippen LogP contribution in [0.25, 0.3) is 12.2 Å². The molecular formula is C24H36N4O5. The zero-order valence-electron chi connectivity index (χ0n) is 19.8. The first-order chi connectivity index (χ1) is 15.8. The Kier molecular flexibility index (Phi) is 12.2. The SMILES string of the molecule is COc1ccc(C=Cc2cc(OC)c(OC)c(OC)c2)cc1N.NCCCC[C@H](N)C(N)=O. The first-order valence-electron chi connectivity index (χ1n) is 10.5. The van der Waals surface area contributed by atoms with Crippen LogP contribution in [0, 0.1) is 0 Å². The third-order valence-electron chi connectivity index (χ3n) is 4.74. The first kappa shape index (κ1) is 27.6. The van der Waals surface area contributed by atoms with Gasteiger partial charge in [-0.2, -0.15) is 0 Å². The summed E-state index contributed by atoms with van der Waals surface area (Å²) >= 11 is 0. The number of benzene rings is 2. The number of anilines is 1. The van der Waals surface area contributed by atoms with Crippen LogP contribution >= 0.6 is 0 Å². The van der Waals surface area contributed by atoms with Crippen LogP contribution in [-0.4, -0.2) is 46.9 Å². The maximum Gasteiger partial charge on any atom is 0.234 e. The van der Waals surface area contributed by atoms with Gasteiger partial charge in [0.1, 0.15) is 5.75 Å². The van der Waals surface area contributed by atoms with E-state index in [2.05, 4.69) is 0 Å². The number of primary amides is 1. The molecule has 1 atom stereocenters. The minimum absolute atomic E-state index is 0.433. The van der Waals surface area contributed by atoms with Crippen LogP contribution in [-0.2, 0) is 4.79 Å². The Labute approximate surface area is 195 Å². The molecule has 0 aliphatic rings. The Morgan fingerprint density at radius 2 is 1.45 bits per heavy atom. The Bertz CT molecular complexity index is 893. The summed E-state index contributed by atoms with van der Waals surface area (Å²) in [5.74, 6) is 2.02. The van der Waals surface area contributed by atoms with Gasteiger partial charge in [-0.05, 0) is 54.8 Å². The van der Waals surface area contributed by atoms with Crippen molar-refractivity contribution in [3.05, 3.63) is 41.5 Å². The van der Waals surface area contributed by atoms with Gasteiger partial charge in [0.2, 0.25) is 11.7 Å². The summed E-state index contributed by atoms with van der Waals surface area (Å²) in [6, 6.07) is 8.89. The van der Waals surface area contributed by atoms with Gasteiger partial charge in [0.25, 0.3) is 0 Å². The first-order valence-corrected chi connectivity index (χ1v) is 10.5. The van der Waals surface area contributed by atoms with Gasteiger partial charge in [0.15, 0.2) is 11.5 Å². The van der Waals surface area contributed by atoms with E-state index >= 15 is 0 Å². The number of carbonyl (C=O) groups is 1. The zero-order chi connectivity index (χ0) is 24.8. The predicted molar refractivity (Wildman–Crippen MR) is 133 cm³/mol. The molecular weight excluding hydrogens is 424 g/mol. The van der Waals surface area contributed by atoms with Gasteiger partial charge in [0.05, 0.1) is 40.2 Å². The molecule has 0 saturated heterocycles. The van der Waals surface area contributed by atoms with E-state index in [9.17, 15) is 4.79 Å². The lowest BCUT2D eigenvalue weighted by Gasteiger charge is -2.12. The summed E-state index contributed by atoms with van der Waals surface area (Å²) in [4.78, 5) is 10.4. The lowest BCUT2D eigenvalue weighted by atomic mass is 10.1. The molecule has 0 radical (unpaired) electrons. The van der Waals surface area contributed by atoms with E-state index in [4.69, 9.17) is 41.9 Å². The number of unbranched alkanes of at least 4 members (excludes halogenated alkanes) is 1. The molecule has 9 heteroatoms. The van der Waals surface area contributed by atoms with Crippen LogP contribution in [0.4, 0.5) is 5.69 Å². The number of amides is 1. The van der Waals surface area contributed by atoms with Gasteiger partial charge in [-0.1, -0.05) is 24.6 Å². The average Bonchev–Trinajstić information content (AvgIpc) is 2.82. The molecule has 33 heavy (non-hydrogen) atoms. The van der Waals surface area contributed by atoms with Gasteiger partial charge >= 0.3 is 0 Å². The lowest BCUT2D eigenvalue weighted by Crippen LogP contribution is -2.36. The van der Waals surface area contributed by atoms with Gasteiger partial charge in [-0.15, -0.1) is 0 Å². The van der Waals surface area contributed by atoms with Crippen molar-refractivity contribution in [1.82, 2.24) is 0 Å². The lowest BCUT2D eigenvalue weighted by molar-refractivity contribution is -0.119. The maximum atomic E-state index is 10.4. The molecule has 182 valence electrons. The number of rotatable bonds is 11. The van der Waals surface area contributed by atoms with Crippen LogP contribution in [0.1, 0.15) is 30.4 Å². The molecule has 2 aromatic rings. The molecule has 9 nitrogen and oxygen atoms in total. The Morgan fingerprint density at radius 3 is 1.91 bits per heavy atom. The molecule has 2 aromatic carbocycles. The van der Waals surface area contributed by atoms with Crippen molar-refractivity contribution in [2.45, 2.75) is 25.3 Å². The number of hydrogen-bond donors (Lipinski definition) is 4. The molecule has 8 N–H and O–H groups in total. The van der Waals surface area contributed by atoms with E-state index in [-0.39, 0.29) is 0 Å². The summed E-state index contributed by atoms with van der Waals surface area (Å²) in [6.07, 6.45) is 6.33. The monoisotopic (exact) mass is 460 g/mol. The quantitative estimate of drug-likeness (QED) is 0.226. The van der Waals surface area contributed by atoms with Crippen molar-refractivity contribution < 1.29 is 23.7 Å². The predicted octanol–water partition coefficient (Wildman–Crippen LogP) is 2.40. The van der Waals surface area contributed by atoms with E-state index in [1.807, 2.05) is 42.5 Å². The number of methoxy groups -OCH3 is 4. The Balaban J connectivity index is 0.000000461. The van der Waals surface area contributed by atoms with Crippen molar-refractivity contribution >= 4 is 23.7 Å². The molecule has 0 aromatic heterocycles. The van der Waals surface area contributed by atoms with Gasteiger partial charge in [-0.25, -0.2) is 0 Å². The van der Waals surface area contributed by atoms with Gasteiger partial charge in [-0.3, -0.25) is 4.79 Å². The largest absolute Gasteiger partial charge is 0.495 e. The third kappa shape index (κ3) is 8.91. The second-order valence-corrected chi connectivity index (χ2v) is 7.09. The minimum atomic E-state index is -0.494. The molecule has 0 aliphatic heterocycles. The molecule has 0 saturated carbocycles. The van der Waals surface area contributed by atoms with Crippen molar-refractivity contribution in [2.75, 3.05) is 40.7 Å².